The van der Waals surface area contributed by atoms with Crippen LogP contribution >= 0.6 is 0 Å². The van der Waals surface area contributed by atoms with Crippen molar-refractivity contribution >= 4 is 0 Å². The smallest absolute Gasteiger partial charge is 0.0774 e. The summed E-state index contributed by atoms with van der Waals surface area (Å²) in [7, 11) is 0. The van der Waals surface area contributed by atoms with Crippen molar-refractivity contribution in [2.24, 2.45) is 11.8 Å². The maximum absolute atomic E-state index is 10.7. The Hall–Kier alpha value is -0.0800. The number of rotatable bonds is 5. The zero-order valence-corrected chi connectivity index (χ0v) is 13.7. The molecule has 118 valence electrons. The molecule has 2 heteroatoms. The van der Waals surface area contributed by atoms with E-state index < -0.39 is 5.60 Å². The third-order valence-electron chi connectivity index (χ3n) is 5.57. The molecule has 0 heterocycles. The van der Waals surface area contributed by atoms with Gasteiger partial charge in [0, 0.05) is 12.6 Å². The Morgan fingerprint density at radius 2 is 1.95 bits per heavy atom. The highest BCUT2D eigenvalue weighted by molar-refractivity contribution is 4.88. The molecule has 0 spiro atoms. The van der Waals surface area contributed by atoms with Crippen molar-refractivity contribution in [3.63, 3.8) is 0 Å². The van der Waals surface area contributed by atoms with Gasteiger partial charge in [0.25, 0.3) is 0 Å². The average molecular weight is 281 g/mol. The van der Waals surface area contributed by atoms with Gasteiger partial charge < -0.3 is 10.4 Å². The van der Waals surface area contributed by atoms with Crippen molar-refractivity contribution in [1.29, 1.82) is 0 Å². The minimum atomic E-state index is -0.424. The van der Waals surface area contributed by atoms with Crippen LogP contribution in [-0.4, -0.2) is 23.3 Å². The Balaban J connectivity index is 1.73. The van der Waals surface area contributed by atoms with E-state index in [4.69, 9.17) is 0 Å². The summed E-state index contributed by atoms with van der Waals surface area (Å²) >= 11 is 0. The van der Waals surface area contributed by atoms with Crippen LogP contribution < -0.4 is 5.32 Å². The summed E-state index contributed by atoms with van der Waals surface area (Å²) in [4.78, 5) is 0. The van der Waals surface area contributed by atoms with Crippen molar-refractivity contribution in [2.75, 3.05) is 6.54 Å². The average Bonchev–Trinajstić information content (AvgIpc) is 2.62. The third-order valence-corrected chi connectivity index (χ3v) is 5.57. The zero-order valence-electron chi connectivity index (χ0n) is 13.7. The van der Waals surface area contributed by atoms with Gasteiger partial charge in [-0.3, -0.25) is 0 Å². The predicted molar refractivity (Wildman–Crippen MR) is 85.9 cm³/mol. The van der Waals surface area contributed by atoms with Gasteiger partial charge in [0.2, 0.25) is 0 Å². The minimum Gasteiger partial charge on any atom is -0.389 e. The molecule has 4 unspecified atom stereocenters. The van der Waals surface area contributed by atoms with E-state index in [1.165, 1.54) is 57.8 Å². The highest BCUT2D eigenvalue weighted by atomic mass is 16.3. The molecule has 4 atom stereocenters. The number of hydrogen-bond donors (Lipinski definition) is 2. The Labute approximate surface area is 125 Å². The number of hydrogen-bond acceptors (Lipinski definition) is 2. The van der Waals surface area contributed by atoms with Crippen LogP contribution in [0.15, 0.2) is 0 Å². The molecule has 0 aromatic carbocycles. The van der Waals surface area contributed by atoms with Crippen LogP contribution in [-0.2, 0) is 0 Å². The summed E-state index contributed by atoms with van der Waals surface area (Å²) in [6.07, 6.45) is 14.0. The first kappa shape index (κ1) is 16.3. The van der Waals surface area contributed by atoms with Crippen molar-refractivity contribution in [2.45, 2.75) is 96.1 Å². The normalized spacial score (nSPS) is 39.5. The Bertz CT molecular complexity index is 281. The molecule has 2 saturated carbocycles. The van der Waals surface area contributed by atoms with E-state index in [1.54, 1.807) is 0 Å². The molecule has 0 saturated heterocycles. The highest BCUT2D eigenvalue weighted by Crippen LogP contribution is 2.32. The fourth-order valence-electron chi connectivity index (χ4n) is 4.41. The summed E-state index contributed by atoms with van der Waals surface area (Å²) in [6.45, 7) is 5.41. The van der Waals surface area contributed by atoms with Crippen LogP contribution in [0.25, 0.3) is 0 Å². The molecule has 0 aromatic heterocycles. The lowest BCUT2D eigenvalue weighted by Gasteiger charge is -2.37. The molecule has 0 aliphatic heterocycles. The summed E-state index contributed by atoms with van der Waals surface area (Å²) < 4.78 is 0. The van der Waals surface area contributed by atoms with Gasteiger partial charge in [0.15, 0.2) is 0 Å². The van der Waals surface area contributed by atoms with Gasteiger partial charge >= 0.3 is 0 Å². The molecule has 2 aliphatic carbocycles. The van der Waals surface area contributed by atoms with Gasteiger partial charge in [-0.15, -0.1) is 0 Å². The fourth-order valence-corrected chi connectivity index (χ4v) is 4.41. The van der Waals surface area contributed by atoms with E-state index in [-0.39, 0.29) is 0 Å². The van der Waals surface area contributed by atoms with Crippen molar-refractivity contribution in [1.82, 2.24) is 5.32 Å². The highest BCUT2D eigenvalue weighted by Gasteiger charge is 2.33. The van der Waals surface area contributed by atoms with E-state index in [9.17, 15) is 5.11 Å². The van der Waals surface area contributed by atoms with Crippen molar-refractivity contribution < 1.29 is 5.11 Å². The van der Waals surface area contributed by atoms with Crippen LogP contribution in [0.2, 0.25) is 0 Å². The molecule has 2 fully saturated rings. The molecule has 20 heavy (non-hydrogen) atoms. The number of aliphatic hydroxyl groups is 1. The molecule has 2 rings (SSSR count). The van der Waals surface area contributed by atoms with E-state index >= 15 is 0 Å². The Morgan fingerprint density at radius 3 is 2.70 bits per heavy atom. The van der Waals surface area contributed by atoms with Gasteiger partial charge in [-0.25, -0.2) is 0 Å². The summed E-state index contributed by atoms with van der Waals surface area (Å²) in [5.41, 5.74) is -0.424. The van der Waals surface area contributed by atoms with Gasteiger partial charge in [0.05, 0.1) is 5.60 Å². The van der Waals surface area contributed by atoms with Crippen molar-refractivity contribution in [3.05, 3.63) is 0 Å². The summed E-state index contributed by atoms with van der Waals surface area (Å²) in [5.74, 6) is 1.66. The van der Waals surface area contributed by atoms with Crippen molar-refractivity contribution in [3.8, 4) is 0 Å². The second-order valence-corrected chi connectivity index (χ2v) is 7.67. The largest absolute Gasteiger partial charge is 0.389 e. The van der Waals surface area contributed by atoms with E-state index in [2.05, 4.69) is 19.2 Å². The summed E-state index contributed by atoms with van der Waals surface area (Å²) in [6, 6.07) is 0.651. The lowest BCUT2D eigenvalue weighted by molar-refractivity contribution is -0.0140. The van der Waals surface area contributed by atoms with E-state index in [0.29, 0.717) is 12.0 Å². The van der Waals surface area contributed by atoms with Crippen LogP contribution in [0.3, 0.4) is 0 Å². The molecule has 2 aliphatic rings. The first-order valence-corrected chi connectivity index (χ1v) is 9.07. The zero-order chi connectivity index (χ0) is 14.4. The monoisotopic (exact) mass is 281 g/mol. The lowest BCUT2D eigenvalue weighted by atomic mass is 9.79. The van der Waals surface area contributed by atoms with Gasteiger partial charge in [-0.1, -0.05) is 52.4 Å². The van der Waals surface area contributed by atoms with Gasteiger partial charge in [-0.2, -0.15) is 0 Å². The first-order valence-electron chi connectivity index (χ1n) is 9.07. The molecule has 0 amide bonds. The lowest BCUT2D eigenvalue weighted by Crippen LogP contribution is -2.47. The Kier molecular flexibility index (Phi) is 6.35. The first-order chi connectivity index (χ1) is 9.61. The Morgan fingerprint density at radius 1 is 1.10 bits per heavy atom. The van der Waals surface area contributed by atoms with Crippen LogP contribution in [0.1, 0.15) is 84.5 Å². The fraction of sp³-hybridized carbons (Fsp3) is 1.00. The van der Waals surface area contributed by atoms with Crippen LogP contribution in [0.4, 0.5) is 0 Å². The standard InChI is InChI=1S/C18H35NO/c1-3-6-16-8-4-9-17(11-10-16)19-14-18(20)12-5-7-15(2)13-18/h15-17,19-20H,3-14H2,1-2H3. The van der Waals surface area contributed by atoms with Crippen LogP contribution in [0, 0.1) is 11.8 Å². The maximum Gasteiger partial charge on any atom is 0.0774 e. The quantitative estimate of drug-likeness (QED) is 0.738. The predicted octanol–water partition coefficient (Wildman–Crippen LogP) is 4.27. The van der Waals surface area contributed by atoms with Gasteiger partial charge in [0.1, 0.15) is 0 Å². The molecule has 0 radical (unpaired) electrons. The van der Waals surface area contributed by atoms with E-state index in [1.807, 2.05) is 0 Å². The van der Waals surface area contributed by atoms with Crippen LogP contribution in [0.5, 0.6) is 0 Å². The molecule has 2 nitrogen and oxygen atoms in total. The minimum absolute atomic E-state index is 0.424. The second-order valence-electron chi connectivity index (χ2n) is 7.67. The van der Waals surface area contributed by atoms with E-state index in [0.717, 1.165) is 25.3 Å². The SMILES string of the molecule is CCCC1CCCC(NCC2(O)CCCC(C)C2)CC1. The molecule has 0 bridgehead atoms. The summed E-state index contributed by atoms with van der Waals surface area (Å²) in [5, 5.41) is 14.4. The number of nitrogens with one attached hydrogen (secondary N) is 1. The second kappa shape index (κ2) is 7.79. The topological polar surface area (TPSA) is 32.3 Å². The molecule has 2 N–H and O–H groups in total. The third kappa shape index (κ3) is 5.04. The molecular formula is C18H35NO. The molecule has 0 aromatic rings. The van der Waals surface area contributed by atoms with Gasteiger partial charge in [-0.05, 0) is 43.9 Å². The molecular weight excluding hydrogens is 246 g/mol. The maximum atomic E-state index is 10.7.